The van der Waals surface area contributed by atoms with Crippen LogP contribution in [-0.2, 0) is 13.0 Å². The summed E-state index contributed by atoms with van der Waals surface area (Å²) in [5, 5.41) is 3.28. The molecule has 0 amide bonds. The summed E-state index contributed by atoms with van der Waals surface area (Å²) < 4.78 is 1.01. The first kappa shape index (κ1) is 12.5. The Morgan fingerprint density at radius 2 is 2.08 bits per heavy atom. The molecule has 1 aromatic rings. The number of halogens is 3. The first-order valence-corrected chi connectivity index (χ1v) is 4.38. The molecule has 0 spiro atoms. The summed E-state index contributed by atoms with van der Waals surface area (Å²) in [6, 6.07) is 0. The van der Waals surface area contributed by atoms with Crippen molar-refractivity contribution in [1.82, 2.24) is 15.3 Å². The topological polar surface area (TPSA) is 40.7 Å². The van der Waals surface area contributed by atoms with E-state index in [0.29, 0.717) is 0 Å². The molecule has 70 valence electrons. The van der Waals surface area contributed by atoms with Crippen LogP contribution in [0.3, 0.4) is 0 Å². The minimum Gasteiger partial charge on any atom is -0.336 e. The van der Waals surface area contributed by atoms with Gasteiger partial charge in [0.05, 0.1) is 11.4 Å². The van der Waals surface area contributed by atoms with Gasteiger partial charge in [-0.3, -0.25) is 0 Å². The number of nitrogens with one attached hydrogen (secondary N) is 2. The highest BCUT2D eigenvalue weighted by Crippen LogP contribution is 2.11. The van der Waals surface area contributed by atoms with Crippen molar-refractivity contribution >= 4 is 47.4 Å². The van der Waals surface area contributed by atoms with E-state index >= 15 is 0 Å². The lowest BCUT2D eigenvalue weighted by Crippen LogP contribution is -2.23. The Morgan fingerprint density at radius 3 is 2.75 bits per heavy atom. The molecule has 0 radical (unpaired) electrons. The van der Waals surface area contributed by atoms with Crippen LogP contribution < -0.4 is 5.32 Å². The molecule has 0 aliphatic carbocycles. The van der Waals surface area contributed by atoms with Crippen molar-refractivity contribution in [3.8, 4) is 0 Å². The van der Waals surface area contributed by atoms with Gasteiger partial charge >= 0.3 is 0 Å². The van der Waals surface area contributed by atoms with E-state index in [9.17, 15) is 0 Å². The Bertz CT molecular complexity index is 227. The first-order chi connectivity index (χ1) is 4.86. The van der Waals surface area contributed by atoms with E-state index in [1.807, 2.05) is 0 Å². The number of aromatic nitrogens is 2. The van der Waals surface area contributed by atoms with Gasteiger partial charge in [-0.2, -0.15) is 0 Å². The molecular weight excluding hydrogens is 312 g/mol. The van der Waals surface area contributed by atoms with Crippen LogP contribution in [0, 0.1) is 3.83 Å². The van der Waals surface area contributed by atoms with Gasteiger partial charge in [0.1, 0.15) is 0 Å². The fourth-order valence-electron chi connectivity index (χ4n) is 1.18. The second-order valence-electron chi connectivity index (χ2n) is 2.38. The van der Waals surface area contributed by atoms with Gasteiger partial charge < -0.3 is 10.3 Å². The molecule has 6 heteroatoms. The Kier molecular flexibility index (Phi) is 5.47. The number of rotatable bonds is 0. The summed E-state index contributed by atoms with van der Waals surface area (Å²) in [6.45, 7) is 2.01. The van der Waals surface area contributed by atoms with Crippen molar-refractivity contribution in [3.05, 3.63) is 15.2 Å². The minimum atomic E-state index is 0. The monoisotopic (exact) mass is 321 g/mol. The molecule has 0 aromatic carbocycles. The van der Waals surface area contributed by atoms with E-state index in [-0.39, 0.29) is 24.8 Å². The SMILES string of the molecule is Cl.Cl.Ic1nc2c([nH]1)CNCC2. The lowest BCUT2D eigenvalue weighted by molar-refractivity contribution is 0.627. The summed E-state index contributed by atoms with van der Waals surface area (Å²) in [5.74, 6) is 0. The number of fused-ring (bicyclic) bond motifs is 1. The largest absolute Gasteiger partial charge is 0.336 e. The Hall–Kier alpha value is 0.480. The summed E-state index contributed by atoms with van der Waals surface area (Å²) in [4.78, 5) is 7.55. The lowest BCUT2D eigenvalue weighted by atomic mass is 10.2. The van der Waals surface area contributed by atoms with Gasteiger partial charge in [0, 0.05) is 19.5 Å². The van der Waals surface area contributed by atoms with Crippen LogP contribution in [0.2, 0.25) is 0 Å². The lowest BCUT2D eigenvalue weighted by Gasteiger charge is -2.09. The molecule has 0 saturated carbocycles. The quantitative estimate of drug-likeness (QED) is 0.711. The molecule has 0 saturated heterocycles. The van der Waals surface area contributed by atoms with Gasteiger partial charge in [-0.25, -0.2) is 4.98 Å². The molecule has 1 aromatic heterocycles. The van der Waals surface area contributed by atoms with E-state index in [1.54, 1.807) is 0 Å². The summed E-state index contributed by atoms with van der Waals surface area (Å²) in [7, 11) is 0. The zero-order valence-corrected chi connectivity index (χ0v) is 10.1. The third-order valence-corrected chi connectivity index (χ3v) is 2.19. The second kappa shape index (κ2) is 5.26. The third-order valence-electron chi connectivity index (χ3n) is 1.68. The fourth-order valence-corrected chi connectivity index (χ4v) is 1.80. The van der Waals surface area contributed by atoms with Gasteiger partial charge in [0.25, 0.3) is 0 Å². The zero-order valence-electron chi connectivity index (χ0n) is 6.26. The smallest absolute Gasteiger partial charge is 0.169 e. The Balaban J connectivity index is 0.000000605. The molecule has 1 aliphatic rings. The van der Waals surface area contributed by atoms with Crippen molar-refractivity contribution in [1.29, 1.82) is 0 Å². The molecule has 2 rings (SSSR count). The minimum absolute atomic E-state index is 0. The average Bonchev–Trinajstić information content (AvgIpc) is 2.27. The highest BCUT2D eigenvalue weighted by molar-refractivity contribution is 14.1. The van der Waals surface area contributed by atoms with Crippen LogP contribution >= 0.6 is 47.4 Å². The highest BCUT2D eigenvalue weighted by atomic mass is 127. The van der Waals surface area contributed by atoms with Crippen molar-refractivity contribution in [2.45, 2.75) is 13.0 Å². The van der Waals surface area contributed by atoms with Crippen molar-refractivity contribution < 1.29 is 0 Å². The van der Waals surface area contributed by atoms with Crippen LogP contribution in [0.4, 0.5) is 0 Å². The maximum Gasteiger partial charge on any atom is 0.169 e. The summed E-state index contributed by atoms with van der Waals surface area (Å²) in [6.07, 6.45) is 1.06. The van der Waals surface area contributed by atoms with Crippen LogP contribution in [0.1, 0.15) is 11.4 Å². The van der Waals surface area contributed by atoms with Crippen LogP contribution in [0.25, 0.3) is 0 Å². The molecule has 0 atom stereocenters. The molecule has 12 heavy (non-hydrogen) atoms. The van der Waals surface area contributed by atoms with E-state index < -0.39 is 0 Å². The van der Waals surface area contributed by atoms with Gasteiger partial charge in [-0.05, 0) is 22.6 Å². The predicted molar refractivity (Wildman–Crippen MR) is 61.2 cm³/mol. The summed E-state index contributed by atoms with van der Waals surface area (Å²) in [5.41, 5.74) is 2.50. The van der Waals surface area contributed by atoms with E-state index in [0.717, 1.165) is 23.3 Å². The normalized spacial score (nSPS) is 14.1. The first-order valence-electron chi connectivity index (χ1n) is 3.30. The molecule has 0 fully saturated rings. The number of nitrogens with zero attached hydrogens (tertiary/aromatic N) is 1. The third kappa shape index (κ3) is 2.48. The van der Waals surface area contributed by atoms with E-state index in [2.05, 4.69) is 37.9 Å². The highest BCUT2D eigenvalue weighted by Gasteiger charge is 2.11. The fraction of sp³-hybridized carbons (Fsp3) is 0.500. The molecule has 0 unspecified atom stereocenters. The van der Waals surface area contributed by atoms with E-state index in [4.69, 9.17) is 0 Å². The Morgan fingerprint density at radius 1 is 1.33 bits per heavy atom. The number of H-pyrrole nitrogens is 1. The maximum atomic E-state index is 4.34. The van der Waals surface area contributed by atoms with Crippen LogP contribution in [-0.4, -0.2) is 16.5 Å². The second-order valence-corrected chi connectivity index (χ2v) is 3.40. The molecule has 1 aliphatic heterocycles. The average molecular weight is 322 g/mol. The summed E-state index contributed by atoms with van der Waals surface area (Å²) >= 11 is 2.21. The zero-order chi connectivity index (χ0) is 6.97. The van der Waals surface area contributed by atoms with Crippen molar-refractivity contribution in [2.24, 2.45) is 0 Å². The number of hydrogen-bond donors (Lipinski definition) is 2. The van der Waals surface area contributed by atoms with Gasteiger partial charge in [0.2, 0.25) is 0 Å². The maximum absolute atomic E-state index is 4.34. The molecule has 0 bridgehead atoms. The molecule has 3 nitrogen and oxygen atoms in total. The number of hydrogen-bond acceptors (Lipinski definition) is 2. The van der Waals surface area contributed by atoms with Crippen molar-refractivity contribution in [3.63, 3.8) is 0 Å². The van der Waals surface area contributed by atoms with Gasteiger partial charge in [0.15, 0.2) is 3.83 Å². The van der Waals surface area contributed by atoms with Crippen LogP contribution in [0.15, 0.2) is 0 Å². The number of aromatic amines is 1. The molecule has 2 N–H and O–H groups in total. The van der Waals surface area contributed by atoms with E-state index in [1.165, 1.54) is 11.4 Å². The molecular formula is C6H10Cl2IN3. The standard InChI is InChI=1S/C6H8IN3.2ClH/c7-6-9-4-1-2-8-3-5(4)10-6;;/h8H,1-3H2,(H,9,10);2*1H. The number of imidazole rings is 1. The van der Waals surface area contributed by atoms with Gasteiger partial charge in [-0.15, -0.1) is 24.8 Å². The van der Waals surface area contributed by atoms with Gasteiger partial charge in [-0.1, -0.05) is 0 Å². The predicted octanol–water partition coefficient (Wildman–Crippen LogP) is 1.50. The van der Waals surface area contributed by atoms with Crippen molar-refractivity contribution in [2.75, 3.05) is 6.54 Å². The molecule has 2 heterocycles. The Labute approximate surface area is 97.1 Å². The van der Waals surface area contributed by atoms with Crippen LogP contribution in [0.5, 0.6) is 0 Å².